The molecule has 2 aliphatic rings. The Hall–Kier alpha value is -7.48. The third-order valence-electron chi connectivity index (χ3n) is 14.3. The van der Waals surface area contributed by atoms with Crippen molar-refractivity contribution in [2.24, 2.45) is 0 Å². The quantitative estimate of drug-likeness (QED) is 0.151. The molecule has 0 fully saturated rings. The van der Waals surface area contributed by atoms with Crippen molar-refractivity contribution >= 4 is 38.6 Å². The van der Waals surface area contributed by atoms with Crippen LogP contribution in [0.15, 0.2) is 212 Å². The Morgan fingerprint density at radius 1 is 0.286 bits per heavy atom. The highest BCUT2D eigenvalue weighted by atomic mass is 15.1. The standard InChI is InChI=1S/C62H47N/c1-61(2)57-22-11-9-18-52(57)54-37-30-43(39-59(54)61)40-24-31-45(32-25-40)63(47-35-28-42(29-36-47)56-38-44-14-5-6-15-48(44)50-16-7-8-17-51(50)56)46-33-26-41(27-34-46)49-20-13-21-55-53-19-10-12-23-58(53)62(3,4)60(49)55/h5-39H,1-4H3. The first kappa shape index (κ1) is 37.3. The van der Waals surface area contributed by atoms with Gasteiger partial charge in [-0.15, -0.1) is 0 Å². The van der Waals surface area contributed by atoms with Crippen LogP contribution in [0.4, 0.5) is 17.1 Å². The molecule has 0 amide bonds. The van der Waals surface area contributed by atoms with Gasteiger partial charge in [-0.2, -0.15) is 0 Å². The van der Waals surface area contributed by atoms with Gasteiger partial charge in [0.05, 0.1) is 0 Å². The molecule has 0 saturated heterocycles. The van der Waals surface area contributed by atoms with E-state index in [2.05, 4.69) is 245 Å². The highest BCUT2D eigenvalue weighted by Crippen LogP contribution is 2.53. The maximum absolute atomic E-state index is 2.41. The van der Waals surface area contributed by atoms with Gasteiger partial charge in [-0.1, -0.05) is 191 Å². The molecule has 10 aromatic carbocycles. The van der Waals surface area contributed by atoms with E-state index in [9.17, 15) is 0 Å². The summed E-state index contributed by atoms with van der Waals surface area (Å²) >= 11 is 0. The lowest BCUT2D eigenvalue weighted by Gasteiger charge is -2.27. The number of rotatable bonds is 6. The molecular formula is C62H47N. The van der Waals surface area contributed by atoms with Crippen LogP contribution in [0.2, 0.25) is 0 Å². The van der Waals surface area contributed by atoms with Crippen molar-refractivity contribution in [3.8, 4) is 55.6 Å². The number of benzene rings is 10. The fourth-order valence-electron chi connectivity index (χ4n) is 11.1. The molecule has 0 spiro atoms. The van der Waals surface area contributed by atoms with Crippen LogP contribution in [-0.4, -0.2) is 0 Å². The van der Waals surface area contributed by atoms with Crippen LogP contribution in [0, 0.1) is 0 Å². The average molecular weight is 806 g/mol. The molecule has 0 heterocycles. The number of hydrogen-bond acceptors (Lipinski definition) is 1. The van der Waals surface area contributed by atoms with Gasteiger partial charge in [0.25, 0.3) is 0 Å². The van der Waals surface area contributed by atoms with Crippen LogP contribution in [0.5, 0.6) is 0 Å². The van der Waals surface area contributed by atoms with Crippen molar-refractivity contribution in [3.05, 3.63) is 235 Å². The van der Waals surface area contributed by atoms with Crippen LogP contribution < -0.4 is 4.90 Å². The number of fused-ring (bicyclic) bond motifs is 9. The minimum absolute atomic E-state index is 0.0459. The van der Waals surface area contributed by atoms with E-state index < -0.39 is 0 Å². The molecule has 1 heteroatoms. The van der Waals surface area contributed by atoms with Crippen LogP contribution in [0.3, 0.4) is 0 Å². The van der Waals surface area contributed by atoms with Gasteiger partial charge in [0.1, 0.15) is 0 Å². The van der Waals surface area contributed by atoms with Crippen molar-refractivity contribution in [2.45, 2.75) is 38.5 Å². The zero-order valence-corrected chi connectivity index (χ0v) is 36.2. The largest absolute Gasteiger partial charge is 0.311 e. The summed E-state index contributed by atoms with van der Waals surface area (Å²) in [6.45, 7) is 9.45. The Balaban J connectivity index is 0.944. The maximum atomic E-state index is 2.41. The molecule has 12 rings (SSSR count). The fraction of sp³-hybridized carbons (Fsp3) is 0.0968. The van der Waals surface area contributed by atoms with E-state index in [1.54, 1.807) is 0 Å². The molecule has 0 radical (unpaired) electrons. The first-order chi connectivity index (χ1) is 30.8. The van der Waals surface area contributed by atoms with Gasteiger partial charge in [-0.25, -0.2) is 0 Å². The van der Waals surface area contributed by atoms with E-state index in [-0.39, 0.29) is 10.8 Å². The Bertz CT molecular complexity index is 3420. The summed E-state index contributed by atoms with van der Waals surface area (Å²) in [5.41, 5.74) is 21.6. The Kier molecular flexibility index (Phi) is 8.30. The smallest absolute Gasteiger partial charge is 0.0462 e. The molecule has 0 aliphatic heterocycles. The molecule has 0 atom stereocenters. The molecule has 0 N–H and O–H groups in total. The van der Waals surface area contributed by atoms with Crippen molar-refractivity contribution in [1.82, 2.24) is 0 Å². The minimum Gasteiger partial charge on any atom is -0.311 e. The number of nitrogens with zero attached hydrogens (tertiary/aromatic N) is 1. The minimum atomic E-state index is -0.0916. The Morgan fingerprint density at radius 2 is 0.746 bits per heavy atom. The van der Waals surface area contributed by atoms with Gasteiger partial charge in [0, 0.05) is 27.9 Å². The average Bonchev–Trinajstić information content (AvgIpc) is 3.71. The molecule has 63 heavy (non-hydrogen) atoms. The van der Waals surface area contributed by atoms with Crippen molar-refractivity contribution in [2.75, 3.05) is 4.90 Å². The Labute approximate surface area is 370 Å². The summed E-state index contributed by atoms with van der Waals surface area (Å²) in [6, 6.07) is 79.0. The SMILES string of the molecule is CC1(C)c2ccccc2-c2ccc(-c3ccc(N(c4ccc(-c5cccc6c5C(C)(C)c5ccccc5-6)cc4)c4ccc(-c5cc6ccccc6c6ccccc56)cc4)cc3)cc21. The first-order valence-electron chi connectivity index (χ1n) is 22.3. The van der Waals surface area contributed by atoms with Crippen LogP contribution >= 0.6 is 0 Å². The van der Waals surface area contributed by atoms with Gasteiger partial charge >= 0.3 is 0 Å². The van der Waals surface area contributed by atoms with Crippen molar-refractivity contribution in [3.63, 3.8) is 0 Å². The molecule has 0 aromatic heterocycles. The fourth-order valence-corrected chi connectivity index (χ4v) is 11.1. The van der Waals surface area contributed by atoms with E-state index in [1.807, 2.05) is 0 Å². The lowest BCUT2D eigenvalue weighted by molar-refractivity contribution is 0.660. The monoisotopic (exact) mass is 805 g/mol. The normalized spacial score (nSPS) is 14.0. The summed E-state index contributed by atoms with van der Waals surface area (Å²) in [4.78, 5) is 2.40. The summed E-state index contributed by atoms with van der Waals surface area (Å²) in [7, 11) is 0. The zero-order chi connectivity index (χ0) is 42.5. The van der Waals surface area contributed by atoms with Crippen LogP contribution in [0.1, 0.15) is 49.9 Å². The molecule has 10 aromatic rings. The molecule has 300 valence electrons. The molecule has 0 unspecified atom stereocenters. The Morgan fingerprint density at radius 3 is 1.41 bits per heavy atom. The topological polar surface area (TPSA) is 3.24 Å². The third kappa shape index (κ3) is 5.76. The molecular weight excluding hydrogens is 759 g/mol. The summed E-state index contributed by atoms with van der Waals surface area (Å²) in [5, 5.41) is 5.09. The van der Waals surface area contributed by atoms with Crippen LogP contribution in [0.25, 0.3) is 77.2 Å². The second-order valence-corrected chi connectivity index (χ2v) is 18.5. The second kappa shape index (κ2) is 14.0. The summed E-state index contributed by atoms with van der Waals surface area (Å²) in [5.74, 6) is 0. The number of hydrogen-bond donors (Lipinski definition) is 0. The van der Waals surface area contributed by atoms with E-state index >= 15 is 0 Å². The molecule has 2 aliphatic carbocycles. The van der Waals surface area contributed by atoms with Gasteiger partial charge in [0.15, 0.2) is 0 Å². The lowest BCUT2D eigenvalue weighted by atomic mass is 9.79. The lowest BCUT2D eigenvalue weighted by Crippen LogP contribution is -2.16. The van der Waals surface area contributed by atoms with Gasteiger partial charge in [-0.3, -0.25) is 0 Å². The van der Waals surface area contributed by atoms with E-state index in [0.717, 1.165) is 17.1 Å². The predicted molar refractivity (Wildman–Crippen MR) is 268 cm³/mol. The summed E-state index contributed by atoms with van der Waals surface area (Å²) in [6.07, 6.45) is 0. The number of anilines is 3. The van der Waals surface area contributed by atoms with E-state index in [4.69, 9.17) is 0 Å². The van der Waals surface area contributed by atoms with Gasteiger partial charge in [0.2, 0.25) is 0 Å². The molecule has 1 nitrogen and oxygen atoms in total. The van der Waals surface area contributed by atoms with E-state index in [0.29, 0.717) is 0 Å². The molecule has 0 bridgehead atoms. The van der Waals surface area contributed by atoms with Gasteiger partial charge in [-0.05, 0) is 148 Å². The third-order valence-corrected chi connectivity index (χ3v) is 14.3. The van der Waals surface area contributed by atoms with Gasteiger partial charge < -0.3 is 4.90 Å². The van der Waals surface area contributed by atoms with Crippen molar-refractivity contribution in [1.29, 1.82) is 0 Å². The first-order valence-corrected chi connectivity index (χ1v) is 22.3. The highest BCUT2D eigenvalue weighted by Gasteiger charge is 2.37. The second-order valence-electron chi connectivity index (χ2n) is 18.5. The highest BCUT2D eigenvalue weighted by molar-refractivity contribution is 6.13. The maximum Gasteiger partial charge on any atom is 0.0462 e. The van der Waals surface area contributed by atoms with Crippen molar-refractivity contribution < 1.29 is 0 Å². The van der Waals surface area contributed by atoms with E-state index in [1.165, 1.54) is 99.4 Å². The summed E-state index contributed by atoms with van der Waals surface area (Å²) < 4.78 is 0. The molecule has 0 saturated carbocycles. The predicted octanol–water partition coefficient (Wildman–Crippen LogP) is 17.1. The zero-order valence-electron chi connectivity index (χ0n) is 36.2. The van der Waals surface area contributed by atoms with Crippen LogP contribution in [-0.2, 0) is 10.8 Å².